The number of likely N-dealkylation sites (N-methyl/N-ethyl adjacent to an activating group) is 1. The Labute approximate surface area is 99.6 Å². The fourth-order valence-corrected chi connectivity index (χ4v) is 1.49. The van der Waals surface area contributed by atoms with E-state index in [2.05, 4.69) is 31.1 Å². The molecule has 0 heterocycles. The molecule has 0 fully saturated rings. The van der Waals surface area contributed by atoms with Crippen molar-refractivity contribution in [1.82, 2.24) is 10.2 Å². The van der Waals surface area contributed by atoms with Gasteiger partial charge in [-0.1, -0.05) is 13.8 Å². The number of hydrogen-bond acceptors (Lipinski definition) is 3. The molecule has 3 N–H and O–H groups in total. The molecule has 4 nitrogen and oxygen atoms in total. The van der Waals surface area contributed by atoms with Crippen LogP contribution in [0.3, 0.4) is 0 Å². The smallest absolute Gasteiger partial charge is 0.224 e. The van der Waals surface area contributed by atoms with Crippen LogP contribution in [0.2, 0.25) is 0 Å². The molecule has 0 aliphatic carbocycles. The molecule has 0 aromatic rings. The zero-order valence-electron chi connectivity index (χ0n) is 11.1. The van der Waals surface area contributed by atoms with Crippen molar-refractivity contribution < 1.29 is 4.79 Å². The van der Waals surface area contributed by atoms with E-state index in [9.17, 15) is 4.79 Å². The third-order valence-corrected chi connectivity index (χ3v) is 3.26. The first kappa shape index (κ1) is 15.4. The van der Waals surface area contributed by atoms with Crippen LogP contribution >= 0.6 is 0 Å². The highest BCUT2D eigenvalue weighted by Gasteiger charge is 2.14. The molecule has 0 aliphatic rings. The van der Waals surface area contributed by atoms with Crippen LogP contribution in [-0.4, -0.2) is 43.5 Å². The predicted molar refractivity (Wildman–Crippen MR) is 68.2 cm³/mol. The predicted octanol–water partition coefficient (Wildman–Crippen LogP) is 0.818. The van der Waals surface area contributed by atoms with Crippen LogP contribution in [-0.2, 0) is 4.79 Å². The second-order valence-corrected chi connectivity index (χ2v) is 4.37. The summed E-state index contributed by atoms with van der Waals surface area (Å²) >= 11 is 0. The van der Waals surface area contributed by atoms with Crippen LogP contribution in [0.15, 0.2) is 0 Å². The van der Waals surface area contributed by atoms with Gasteiger partial charge in [0, 0.05) is 31.6 Å². The standard InChI is InChI=1S/C12H27N3O/c1-5-10(3)15(4)8-7-14-12(16)11(6-2)9-13/h10-11H,5-9,13H2,1-4H3,(H,14,16). The summed E-state index contributed by atoms with van der Waals surface area (Å²) in [6, 6.07) is 0.563. The minimum Gasteiger partial charge on any atom is -0.355 e. The van der Waals surface area contributed by atoms with Gasteiger partial charge in [0.1, 0.15) is 0 Å². The third-order valence-electron chi connectivity index (χ3n) is 3.26. The average Bonchev–Trinajstić information content (AvgIpc) is 2.29. The molecule has 2 unspecified atom stereocenters. The molecular formula is C12H27N3O. The maximum atomic E-state index is 11.6. The van der Waals surface area contributed by atoms with E-state index in [1.807, 2.05) is 6.92 Å². The van der Waals surface area contributed by atoms with Gasteiger partial charge in [-0.05, 0) is 26.8 Å². The van der Waals surface area contributed by atoms with Gasteiger partial charge in [-0.15, -0.1) is 0 Å². The molecule has 0 radical (unpaired) electrons. The van der Waals surface area contributed by atoms with Gasteiger partial charge >= 0.3 is 0 Å². The first-order valence-corrected chi connectivity index (χ1v) is 6.24. The van der Waals surface area contributed by atoms with Crippen LogP contribution in [0.1, 0.15) is 33.6 Å². The van der Waals surface area contributed by atoms with Gasteiger partial charge < -0.3 is 16.0 Å². The van der Waals surface area contributed by atoms with Crippen molar-refractivity contribution >= 4 is 5.91 Å². The molecule has 0 spiro atoms. The zero-order chi connectivity index (χ0) is 12.6. The van der Waals surface area contributed by atoms with Gasteiger partial charge in [0.25, 0.3) is 0 Å². The maximum Gasteiger partial charge on any atom is 0.224 e. The molecule has 0 aliphatic heterocycles. The lowest BCUT2D eigenvalue weighted by Gasteiger charge is -2.23. The second-order valence-electron chi connectivity index (χ2n) is 4.37. The van der Waals surface area contributed by atoms with Crippen LogP contribution in [0.25, 0.3) is 0 Å². The highest BCUT2D eigenvalue weighted by atomic mass is 16.1. The van der Waals surface area contributed by atoms with E-state index in [1.165, 1.54) is 0 Å². The Morgan fingerprint density at radius 2 is 2.00 bits per heavy atom. The van der Waals surface area contributed by atoms with E-state index < -0.39 is 0 Å². The summed E-state index contributed by atoms with van der Waals surface area (Å²) in [5, 5.41) is 2.93. The second kappa shape index (κ2) is 8.53. The number of rotatable bonds is 8. The van der Waals surface area contributed by atoms with Crippen LogP contribution in [0.4, 0.5) is 0 Å². The largest absolute Gasteiger partial charge is 0.355 e. The van der Waals surface area contributed by atoms with E-state index >= 15 is 0 Å². The summed E-state index contributed by atoms with van der Waals surface area (Å²) in [6.45, 7) is 8.38. The Bertz CT molecular complexity index is 193. The zero-order valence-corrected chi connectivity index (χ0v) is 11.1. The van der Waals surface area contributed by atoms with Crippen molar-refractivity contribution in [2.24, 2.45) is 11.7 Å². The first-order chi connectivity index (χ1) is 7.56. The van der Waals surface area contributed by atoms with Crippen molar-refractivity contribution in [3.8, 4) is 0 Å². The fraction of sp³-hybridized carbons (Fsp3) is 0.917. The summed E-state index contributed by atoms with van der Waals surface area (Å²) < 4.78 is 0. The summed E-state index contributed by atoms with van der Waals surface area (Å²) in [5.74, 6) is 0.0523. The lowest BCUT2D eigenvalue weighted by atomic mass is 10.1. The Kier molecular flexibility index (Phi) is 8.21. The van der Waals surface area contributed by atoms with Crippen LogP contribution in [0.5, 0.6) is 0 Å². The number of hydrogen-bond donors (Lipinski definition) is 2. The van der Waals surface area contributed by atoms with Crippen molar-refractivity contribution in [3.63, 3.8) is 0 Å². The van der Waals surface area contributed by atoms with Gasteiger partial charge in [-0.3, -0.25) is 4.79 Å². The van der Waals surface area contributed by atoms with Gasteiger partial charge in [-0.25, -0.2) is 0 Å². The Morgan fingerprint density at radius 1 is 1.38 bits per heavy atom. The highest BCUT2D eigenvalue weighted by molar-refractivity contribution is 5.78. The van der Waals surface area contributed by atoms with Crippen molar-refractivity contribution in [1.29, 1.82) is 0 Å². The third kappa shape index (κ3) is 5.47. The summed E-state index contributed by atoms with van der Waals surface area (Å²) in [6.07, 6.45) is 1.94. The first-order valence-electron chi connectivity index (χ1n) is 6.24. The van der Waals surface area contributed by atoms with E-state index in [0.717, 1.165) is 19.4 Å². The molecule has 0 saturated heterocycles. The Morgan fingerprint density at radius 3 is 2.44 bits per heavy atom. The van der Waals surface area contributed by atoms with Gasteiger partial charge in [0.2, 0.25) is 5.91 Å². The SMILES string of the molecule is CCC(CN)C(=O)NCCN(C)C(C)CC. The highest BCUT2D eigenvalue weighted by Crippen LogP contribution is 2.00. The Balaban J connectivity index is 3.77. The minimum atomic E-state index is -0.0334. The van der Waals surface area contributed by atoms with E-state index in [0.29, 0.717) is 19.1 Å². The van der Waals surface area contributed by atoms with Crippen molar-refractivity contribution in [3.05, 3.63) is 0 Å². The average molecular weight is 229 g/mol. The van der Waals surface area contributed by atoms with Gasteiger partial charge in [0.15, 0.2) is 0 Å². The number of nitrogens with one attached hydrogen (secondary N) is 1. The summed E-state index contributed by atoms with van der Waals surface area (Å²) in [5.41, 5.74) is 5.51. The van der Waals surface area contributed by atoms with Crippen LogP contribution in [0, 0.1) is 5.92 Å². The lowest BCUT2D eigenvalue weighted by Crippen LogP contribution is -2.40. The molecule has 4 heteroatoms. The van der Waals surface area contributed by atoms with E-state index in [4.69, 9.17) is 5.73 Å². The fourth-order valence-electron chi connectivity index (χ4n) is 1.49. The van der Waals surface area contributed by atoms with Crippen molar-refractivity contribution in [2.45, 2.75) is 39.7 Å². The molecule has 0 aromatic heterocycles. The molecule has 1 amide bonds. The molecular weight excluding hydrogens is 202 g/mol. The number of carbonyl (C=O) groups is 1. The van der Waals surface area contributed by atoms with E-state index in [-0.39, 0.29) is 11.8 Å². The monoisotopic (exact) mass is 229 g/mol. The lowest BCUT2D eigenvalue weighted by molar-refractivity contribution is -0.124. The number of carbonyl (C=O) groups excluding carboxylic acids is 1. The quantitative estimate of drug-likeness (QED) is 0.648. The maximum absolute atomic E-state index is 11.6. The Hall–Kier alpha value is -0.610. The molecule has 0 rings (SSSR count). The summed E-state index contributed by atoms with van der Waals surface area (Å²) in [4.78, 5) is 13.9. The molecule has 0 aromatic carbocycles. The van der Waals surface area contributed by atoms with Crippen molar-refractivity contribution in [2.75, 3.05) is 26.7 Å². The van der Waals surface area contributed by atoms with Gasteiger partial charge in [-0.2, -0.15) is 0 Å². The van der Waals surface area contributed by atoms with Gasteiger partial charge in [0.05, 0.1) is 0 Å². The van der Waals surface area contributed by atoms with Crippen LogP contribution < -0.4 is 11.1 Å². The molecule has 0 saturated carbocycles. The summed E-state index contributed by atoms with van der Waals surface area (Å²) in [7, 11) is 2.08. The number of nitrogens with zero attached hydrogens (tertiary/aromatic N) is 1. The number of amides is 1. The van der Waals surface area contributed by atoms with E-state index in [1.54, 1.807) is 0 Å². The molecule has 0 bridgehead atoms. The normalized spacial score (nSPS) is 14.9. The molecule has 16 heavy (non-hydrogen) atoms. The topological polar surface area (TPSA) is 58.4 Å². The molecule has 2 atom stereocenters. The minimum absolute atomic E-state index is 0.0334. The molecule has 96 valence electrons. The number of nitrogens with two attached hydrogens (primary N) is 1.